The monoisotopic (exact) mass is 848 g/mol. The molecule has 0 atom stereocenters. The van der Waals surface area contributed by atoms with Gasteiger partial charge in [0.05, 0.1) is 13.2 Å². The minimum Gasteiger partial charge on any atom is -0.395 e. The van der Waals surface area contributed by atoms with E-state index in [4.69, 9.17) is 15.9 Å². The summed E-state index contributed by atoms with van der Waals surface area (Å²) in [7, 11) is -1.25. The van der Waals surface area contributed by atoms with E-state index in [0.29, 0.717) is 25.0 Å². The van der Waals surface area contributed by atoms with E-state index in [1.807, 2.05) is 33.1 Å². The summed E-state index contributed by atoms with van der Waals surface area (Å²) in [6.07, 6.45) is 4.41. The molecule has 2 heterocycles. The highest BCUT2D eigenvalue weighted by Crippen LogP contribution is 2.26. The SMILES string of the molecule is CN(C)CCCNc1nc(N)nc(NCCO)n1.CN(C)CCCNc1nc(NCCO)nc(Nc2ccc(/C=C/c3ccccc3S(=O)(=O)O)c(S(=O)(=O)O)c2)n1. The number of nitrogens with one attached hydrogen (secondary N) is 5. The summed E-state index contributed by atoms with van der Waals surface area (Å²) < 4.78 is 67.0. The molecule has 22 nitrogen and oxygen atoms in total. The standard InChI is InChI=1S/C24H31N7O7S2.C10H21N7O/c1-31(2)14-5-12-25-22-28-23(26-13-15-32)30-24(29-22)27-19-11-10-18(21(16-19)40(36,37)38)9-8-17-6-3-4-7-20(17)39(33,34)35;1-17(2)6-3-4-12-9-14-8(11)15-10(16-9)13-5-7-18/h3-4,6-11,16,32H,5,12-15H2,1-2H3,(H,33,34,35)(H,36,37,38)(H3,25,26,27,28,29,30);18H,3-7H2,1-2H3,(H4,11,12,13,14,15,16)/b9-8+;. The van der Waals surface area contributed by atoms with E-state index < -0.39 is 25.1 Å². The van der Waals surface area contributed by atoms with E-state index in [2.05, 4.69) is 61.4 Å². The third-order valence-electron chi connectivity index (χ3n) is 7.40. The maximum absolute atomic E-state index is 12.2. The van der Waals surface area contributed by atoms with Gasteiger partial charge in [-0.1, -0.05) is 36.4 Å². The molecule has 0 aliphatic heterocycles. The molecular formula is C34H52N14O8S2. The number of nitrogens with two attached hydrogens (primary N) is 1. The average Bonchev–Trinajstić information content (AvgIpc) is 3.15. The van der Waals surface area contributed by atoms with Crippen molar-refractivity contribution in [1.29, 1.82) is 0 Å². The van der Waals surface area contributed by atoms with E-state index in [1.165, 1.54) is 48.6 Å². The predicted molar refractivity (Wildman–Crippen MR) is 223 cm³/mol. The minimum absolute atomic E-state index is 0.0111. The Kier molecular flexibility index (Phi) is 18.8. The van der Waals surface area contributed by atoms with Gasteiger partial charge in [-0.15, -0.1) is 0 Å². The number of aliphatic hydroxyl groups excluding tert-OH is 2. The van der Waals surface area contributed by atoms with Crippen molar-refractivity contribution in [2.24, 2.45) is 0 Å². The Morgan fingerprint density at radius 1 is 0.603 bits per heavy atom. The Hall–Kier alpha value is -5.34. The number of hydrogen-bond acceptors (Lipinski definition) is 20. The van der Waals surface area contributed by atoms with Gasteiger partial charge in [-0.05, 0) is 83.4 Å². The molecule has 0 spiro atoms. The number of anilines is 7. The van der Waals surface area contributed by atoms with Crippen LogP contribution in [0.3, 0.4) is 0 Å². The van der Waals surface area contributed by atoms with Crippen LogP contribution >= 0.6 is 0 Å². The number of hydrogen-bond donors (Lipinski definition) is 10. The molecule has 0 unspecified atom stereocenters. The average molecular weight is 849 g/mol. The molecule has 2 aromatic heterocycles. The van der Waals surface area contributed by atoms with Gasteiger partial charge in [-0.3, -0.25) is 9.11 Å². The van der Waals surface area contributed by atoms with Crippen LogP contribution in [0.1, 0.15) is 24.0 Å². The van der Waals surface area contributed by atoms with Crippen molar-refractivity contribution in [3.05, 3.63) is 53.6 Å². The maximum atomic E-state index is 12.2. The highest BCUT2D eigenvalue weighted by atomic mass is 32.2. The maximum Gasteiger partial charge on any atom is 0.295 e. The molecule has 0 saturated heterocycles. The molecule has 318 valence electrons. The third-order valence-corrected chi connectivity index (χ3v) is 9.23. The molecular weight excluding hydrogens is 797 g/mol. The zero-order valence-corrected chi connectivity index (χ0v) is 34.3. The Morgan fingerprint density at radius 3 is 1.50 bits per heavy atom. The largest absolute Gasteiger partial charge is 0.395 e. The first-order valence-electron chi connectivity index (χ1n) is 17.9. The van der Waals surface area contributed by atoms with Crippen molar-refractivity contribution in [2.45, 2.75) is 22.6 Å². The number of nitrogens with zero attached hydrogens (tertiary/aromatic N) is 8. The van der Waals surface area contributed by atoms with Crippen LogP contribution in [0.4, 0.5) is 41.4 Å². The molecule has 11 N–H and O–H groups in total. The molecule has 0 aliphatic carbocycles. The number of rotatable bonds is 22. The van der Waals surface area contributed by atoms with Crippen LogP contribution in [0.25, 0.3) is 12.2 Å². The van der Waals surface area contributed by atoms with Crippen molar-refractivity contribution < 1.29 is 36.2 Å². The van der Waals surface area contributed by atoms with Crippen molar-refractivity contribution in [2.75, 3.05) is 113 Å². The zero-order chi connectivity index (χ0) is 42.7. The second-order valence-electron chi connectivity index (χ2n) is 12.8. The molecule has 0 aliphatic rings. The molecule has 0 radical (unpaired) electrons. The van der Waals surface area contributed by atoms with Gasteiger partial charge < -0.3 is 52.3 Å². The van der Waals surface area contributed by atoms with Gasteiger partial charge in [0.25, 0.3) is 20.2 Å². The number of aromatic nitrogens is 6. The third kappa shape index (κ3) is 17.0. The van der Waals surface area contributed by atoms with Gasteiger partial charge in [-0.2, -0.15) is 46.7 Å². The second kappa shape index (κ2) is 23.2. The lowest BCUT2D eigenvalue weighted by Gasteiger charge is -2.13. The quantitative estimate of drug-likeness (QED) is 0.0302. The first-order chi connectivity index (χ1) is 27.5. The predicted octanol–water partition coefficient (Wildman–Crippen LogP) is 1.27. The van der Waals surface area contributed by atoms with Crippen molar-refractivity contribution >= 4 is 73.8 Å². The molecule has 0 bridgehead atoms. The van der Waals surface area contributed by atoms with Crippen molar-refractivity contribution in [1.82, 2.24) is 39.7 Å². The van der Waals surface area contributed by atoms with Gasteiger partial charge in [-0.25, -0.2) is 0 Å². The van der Waals surface area contributed by atoms with Crippen LogP contribution in [0, 0.1) is 0 Å². The van der Waals surface area contributed by atoms with Crippen LogP contribution in [0.5, 0.6) is 0 Å². The summed E-state index contributed by atoms with van der Waals surface area (Å²) in [4.78, 5) is 28.2. The van der Waals surface area contributed by atoms with Gasteiger partial charge in [0.2, 0.25) is 35.7 Å². The van der Waals surface area contributed by atoms with Crippen LogP contribution in [0.2, 0.25) is 0 Å². The van der Waals surface area contributed by atoms with Gasteiger partial charge >= 0.3 is 0 Å². The van der Waals surface area contributed by atoms with E-state index in [9.17, 15) is 25.9 Å². The minimum atomic E-state index is -4.71. The highest BCUT2D eigenvalue weighted by molar-refractivity contribution is 7.86. The molecule has 4 rings (SSSR count). The van der Waals surface area contributed by atoms with Crippen LogP contribution in [-0.2, 0) is 20.2 Å². The molecule has 4 aromatic rings. The van der Waals surface area contributed by atoms with Crippen molar-refractivity contribution in [3.8, 4) is 0 Å². The van der Waals surface area contributed by atoms with Crippen molar-refractivity contribution in [3.63, 3.8) is 0 Å². The Labute approximate surface area is 338 Å². The molecule has 0 saturated carbocycles. The lowest BCUT2D eigenvalue weighted by atomic mass is 10.1. The summed E-state index contributed by atoms with van der Waals surface area (Å²) in [5.74, 6) is 1.46. The zero-order valence-electron chi connectivity index (χ0n) is 32.7. The van der Waals surface area contributed by atoms with Gasteiger partial charge in [0.15, 0.2) is 0 Å². The van der Waals surface area contributed by atoms with Crippen LogP contribution in [-0.4, -0.2) is 157 Å². The summed E-state index contributed by atoms with van der Waals surface area (Å²) in [6, 6.07) is 9.68. The van der Waals surface area contributed by atoms with Crippen LogP contribution < -0.4 is 32.3 Å². The fourth-order valence-corrected chi connectivity index (χ4v) is 6.20. The molecule has 2 aromatic carbocycles. The smallest absolute Gasteiger partial charge is 0.295 e. The summed E-state index contributed by atoms with van der Waals surface area (Å²) in [5, 5.41) is 32.6. The number of aliphatic hydroxyl groups is 2. The lowest BCUT2D eigenvalue weighted by Crippen LogP contribution is -2.18. The molecule has 24 heteroatoms. The number of nitrogen functional groups attached to an aromatic ring is 1. The van der Waals surface area contributed by atoms with Gasteiger partial charge in [0.1, 0.15) is 9.79 Å². The Bertz CT molecular complexity index is 2160. The molecule has 0 fully saturated rings. The van der Waals surface area contributed by atoms with E-state index in [1.54, 1.807) is 6.07 Å². The first kappa shape index (κ1) is 47.0. The summed E-state index contributed by atoms with van der Waals surface area (Å²) in [6.45, 7) is 3.61. The van der Waals surface area contributed by atoms with E-state index in [0.717, 1.165) is 32.5 Å². The molecule has 58 heavy (non-hydrogen) atoms. The van der Waals surface area contributed by atoms with E-state index in [-0.39, 0.29) is 65.3 Å². The fraction of sp³-hybridized carbons (Fsp3) is 0.412. The molecule has 0 amide bonds. The fourth-order valence-electron chi connectivity index (χ4n) is 4.80. The second-order valence-corrected chi connectivity index (χ2v) is 15.6. The van der Waals surface area contributed by atoms with Gasteiger partial charge in [0, 0.05) is 31.9 Å². The van der Waals surface area contributed by atoms with Crippen LogP contribution in [0.15, 0.2) is 52.3 Å². The topological polar surface area (TPSA) is 319 Å². The summed E-state index contributed by atoms with van der Waals surface area (Å²) in [5.41, 5.74) is 5.97. The lowest BCUT2D eigenvalue weighted by molar-refractivity contribution is 0.310. The number of benzene rings is 2. The van der Waals surface area contributed by atoms with E-state index >= 15 is 0 Å². The highest BCUT2D eigenvalue weighted by Gasteiger charge is 2.17. The normalized spacial score (nSPS) is 11.7. The Balaban J connectivity index is 0.000000417. The first-order valence-corrected chi connectivity index (χ1v) is 20.7. The Morgan fingerprint density at radius 2 is 1.03 bits per heavy atom. The summed E-state index contributed by atoms with van der Waals surface area (Å²) >= 11 is 0.